The molecule has 5 nitrogen and oxygen atoms in total. The highest BCUT2D eigenvalue weighted by molar-refractivity contribution is 5.78. The van der Waals surface area contributed by atoms with Crippen molar-refractivity contribution in [2.24, 2.45) is 0 Å². The molecule has 3 aromatic rings. The van der Waals surface area contributed by atoms with Crippen LogP contribution in [0.1, 0.15) is 29.5 Å². The molecule has 0 bridgehead atoms. The van der Waals surface area contributed by atoms with Crippen molar-refractivity contribution in [3.63, 3.8) is 0 Å². The van der Waals surface area contributed by atoms with Gasteiger partial charge in [0.2, 0.25) is 5.91 Å². The minimum absolute atomic E-state index is 0.0956. The Labute approximate surface area is 193 Å². The lowest BCUT2D eigenvalue weighted by atomic mass is 9.82. The Bertz CT molecular complexity index is 1030. The number of benzene rings is 3. The van der Waals surface area contributed by atoms with Crippen LogP contribution in [0.2, 0.25) is 0 Å². The lowest BCUT2D eigenvalue weighted by Crippen LogP contribution is -2.50. The Morgan fingerprint density at radius 3 is 2.30 bits per heavy atom. The van der Waals surface area contributed by atoms with Crippen LogP contribution in [0.25, 0.3) is 0 Å². The van der Waals surface area contributed by atoms with Crippen LogP contribution in [0.4, 0.5) is 4.39 Å². The summed E-state index contributed by atoms with van der Waals surface area (Å²) in [5.74, 6) is 0.443. The van der Waals surface area contributed by atoms with Gasteiger partial charge in [0.15, 0.2) is 0 Å². The average molecular weight is 449 g/mol. The number of nitrogens with one attached hydrogen (secondary N) is 2. The third kappa shape index (κ3) is 6.18. The first-order valence-corrected chi connectivity index (χ1v) is 11.2. The number of amides is 1. The van der Waals surface area contributed by atoms with Crippen molar-refractivity contribution in [2.75, 3.05) is 19.8 Å². The third-order valence-corrected chi connectivity index (χ3v) is 6.06. The van der Waals surface area contributed by atoms with Gasteiger partial charge in [-0.15, -0.1) is 0 Å². The fraction of sp³-hybridized carbons (Fsp3) is 0.296. The number of ether oxygens (including phenoxy) is 2. The van der Waals surface area contributed by atoms with Crippen molar-refractivity contribution in [3.05, 3.63) is 101 Å². The molecule has 6 heteroatoms. The molecule has 3 aromatic carbocycles. The van der Waals surface area contributed by atoms with Crippen LogP contribution in [0.3, 0.4) is 0 Å². The molecule has 0 atom stereocenters. The van der Waals surface area contributed by atoms with E-state index in [0.29, 0.717) is 26.4 Å². The summed E-state index contributed by atoms with van der Waals surface area (Å²) < 4.78 is 24.8. The minimum Gasteiger partial charge on any atom is -0.489 e. The summed E-state index contributed by atoms with van der Waals surface area (Å²) in [5.41, 5.74) is 2.62. The van der Waals surface area contributed by atoms with E-state index < -0.39 is 5.54 Å². The van der Waals surface area contributed by atoms with E-state index in [-0.39, 0.29) is 18.3 Å². The van der Waals surface area contributed by atoms with Crippen LogP contribution in [-0.4, -0.2) is 25.7 Å². The largest absolute Gasteiger partial charge is 0.489 e. The van der Waals surface area contributed by atoms with E-state index >= 15 is 0 Å². The topological polar surface area (TPSA) is 59.6 Å². The molecule has 0 saturated carbocycles. The van der Waals surface area contributed by atoms with E-state index in [1.807, 2.05) is 54.6 Å². The maximum atomic E-state index is 13.4. The average Bonchev–Trinajstić information content (AvgIpc) is 2.87. The van der Waals surface area contributed by atoms with E-state index in [1.165, 1.54) is 12.1 Å². The number of carbonyl (C=O) groups is 1. The fourth-order valence-electron chi connectivity index (χ4n) is 4.11. The van der Waals surface area contributed by atoms with Gasteiger partial charge in [0.25, 0.3) is 0 Å². The number of carbonyl (C=O) groups excluding carboxylic acids is 1. The van der Waals surface area contributed by atoms with E-state index in [0.717, 1.165) is 35.3 Å². The number of hydrogen-bond acceptors (Lipinski definition) is 4. The van der Waals surface area contributed by atoms with Crippen molar-refractivity contribution >= 4 is 5.91 Å². The Balaban J connectivity index is 1.34. The number of hydrogen-bond donors (Lipinski definition) is 2. The van der Waals surface area contributed by atoms with Gasteiger partial charge in [0.05, 0.1) is 6.54 Å². The standard InChI is InChI=1S/C27H29FN2O3/c28-24-12-10-23(11-13-24)27(14-16-32-17-15-27)30-19-26(31)29-18-21-6-4-5-7-22(21)20-33-25-8-2-1-3-9-25/h1-13,30H,14-20H2,(H,29,31). The summed E-state index contributed by atoms with van der Waals surface area (Å²) >= 11 is 0. The lowest BCUT2D eigenvalue weighted by molar-refractivity contribution is -0.121. The van der Waals surface area contributed by atoms with Crippen LogP contribution >= 0.6 is 0 Å². The molecule has 1 amide bonds. The summed E-state index contributed by atoms with van der Waals surface area (Å²) in [5, 5.41) is 6.44. The van der Waals surface area contributed by atoms with E-state index in [2.05, 4.69) is 10.6 Å². The molecule has 0 unspecified atom stereocenters. The summed E-state index contributed by atoms with van der Waals surface area (Å²) in [6, 6.07) is 24.1. The summed E-state index contributed by atoms with van der Waals surface area (Å²) in [7, 11) is 0. The molecular formula is C27H29FN2O3. The van der Waals surface area contributed by atoms with Crippen molar-refractivity contribution < 1.29 is 18.7 Å². The molecule has 1 heterocycles. The molecular weight excluding hydrogens is 419 g/mol. The molecule has 0 spiro atoms. The molecule has 1 saturated heterocycles. The molecule has 2 N–H and O–H groups in total. The summed E-state index contributed by atoms with van der Waals surface area (Å²) in [6.07, 6.45) is 1.46. The van der Waals surface area contributed by atoms with Crippen LogP contribution < -0.4 is 15.4 Å². The third-order valence-electron chi connectivity index (χ3n) is 6.06. The Morgan fingerprint density at radius 1 is 0.909 bits per heavy atom. The number of rotatable bonds is 9. The zero-order valence-corrected chi connectivity index (χ0v) is 18.6. The van der Waals surface area contributed by atoms with Crippen LogP contribution in [0, 0.1) is 5.82 Å². The fourth-order valence-corrected chi connectivity index (χ4v) is 4.11. The number of halogens is 1. The highest BCUT2D eigenvalue weighted by atomic mass is 19.1. The normalized spacial score (nSPS) is 15.1. The second-order valence-electron chi connectivity index (χ2n) is 8.20. The molecule has 33 heavy (non-hydrogen) atoms. The van der Waals surface area contributed by atoms with E-state index in [4.69, 9.17) is 9.47 Å². The van der Waals surface area contributed by atoms with Gasteiger partial charge < -0.3 is 14.8 Å². The molecule has 0 aromatic heterocycles. The maximum absolute atomic E-state index is 13.4. The van der Waals surface area contributed by atoms with E-state index in [1.54, 1.807) is 12.1 Å². The van der Waals surface area contributed by atoms with Gasteiger partial charge in [-0.25, -0.2) is 4.39 Å². The highest BCUT2D eigenvalue weighted by Gasteiger charge is 2.34. The van der Waals surface area contributed by atoms with Crippen LogP contribution in [0.15, 0.2) is 78.9 Å². The van der Waals surface area contributed by atoms with Crippen LogP contribution in [0.5, 0.6) is 5.75 Å². The second kappa shape index (κ2) is 11.1. The molecule has 1 fully saturated rings. The van der Waals surface area contributed by atoms with Gasteiger partial charge in [0, 0.05) is 25.3 Å². The molecule has 1 aliphatic rings. The number of para-hydroxylation sites is 1. The van der Waals surface area contributed by atoms with Crippen molar-refractivity contribution in [1.29, 1.82) is 0 Å². The maximum Gasteiger partial charge on any atom is 0.234 e. The molecule has 4 rings (SSSR count). The summed E-state index contributed by atoms with van der Waals surface area (Å²) in [4.78, 5) is 12.7. The van der Waals surface area contributed by atoms with Gasteiger partial charge in [0.1, 0.15) is 18.2 Å². The van der Waals surface area contributed by atoms with Gasteiger partial charge in [-0.3, -0.25) is 10.1 Å². The predicted molar refractivity (Wildman–Crippen MR) is 125 cm³/mol. The second-order valence-corrected chi connectivity index (χ2v) is 8.20. The smallest absolute Gasteiger partial charge is 0.234 e. The first-order valence-electron chi connectivity index (χ1n) is 11.2. The highest BCUT2D eigenvalue weighted by Crippen LogP contribution is 2.32. The zero-order valence-electron chi connectivity index (χ0n) is 18.6. The Hall–Kier alpha value is -3.22. The lowest BCUT2D eigenvalue weighted by Gasteiger charge is -2.38. The van der Waals surface area contributed by atoms with Gasteiger partial charge in [-0.1, -0.05) is 54.6 Å². The molecule has 1 aliphatic heterocycles. The zero-order chi connectivity index (χ0) is 22.9. The van der Waals surface area contributed by atoms with Gasteiger partial charge >= 0.3 is 0 Å². The first-order chi connectivity index (χ1) is 16.1. The van der Waals surface area contributed by atoms with Crippen molar-refractivity contribution in [1.82, 2.24) is 10.6 Å². The monoisotopic (exact) mass is 448 g/mol. The summed E-state index contributed by atoms with van der Waals surface area (Å²) in [6.45, 7) is 2.21. The molecule has 0 aliphatic carbocycles. The van der Waals surface area contributed by atoms with Crippen molar-refractivity contribution in [3.8, 4) is 5.75 Å². The Morgan fingerprint density at radius 2 is 1.58 bits per heavy atom. The first kappa shape index (κ1) is 23.0. The van der Waals surface area contributed by atoms with Crippen molar-refractivity contribution in [2.45, 2.75) is 31.5 Å². The predicted octanol–water partition coefficient (Wildman–Crippen LogP) is 4.32. The van der Waals surface area contributed by atoms with Gasteiger partial charge in [-0.2, -0.15) is 0 Å². The van der Waals surface area contributed by atoms with Crippen LogP contribution in [-0.2, 0) is 28.2 Å². The molecule has 0 radical (unpaired) electrons. The van der Waals surface area contributed by atoms with Gasteiger partial charge in [-0.05, 0) is 53.8 Å². The van der Waals surface area contributed by atoms with E-state index in [9.17, 15) is 9.18 Å². The Kier molecular flexibility index (Phi) is 7.70. The molecule has 172 valence electrons. The quantitative estimate of drug-likeness (QED) is 0.512. The minimum atomic E-state index is -0.398. The SMILES string of the molecule is O=C(CNC1(c2ccc(F)cc2)CCOCC1)NCc1ccccc1COc1ccccc1.